The van der Waals surface area contributed by atoms with Crippen molar-refractivity contribution in [2.45, 2.75) is 12.8 Å². The maximum atomic E-state index is 11.9. The van der Waals surface area contributed by atoms with Gasteiger partial charge in [-0.3, -0.25) is 10.1 Å². The fraction of sp³-hybridized carbons (Fsp3) is 0.118. The molecular weight excluding hydrogens is 292 g/mol. The number of carbonyl (C=O) groups excluding carboxylic acids is 1. The van der Waals surface area contributed by atoms with Crippen LogP contribution < -0.4 is 11.1 Å². The quantitative estimate of drug-likeness (QED) is 0.572. The Hall–Kier alpha value is -3.15. The van der Waals surface area contributed by atoms with Crippen LogP contribution in [0.25, 0.3) is 11.1 Å². The molecule has 1 aromatic heterocycles. The molecule has 0 atom stereocenters. The molecule has 0 aliphatic heterocycles. The summed E-state index contributed by atoms with van der Waals surface area (Å²) in [7, 11) is 0. The van der Waals surface area contributed by atoms with Gasteiger partial charge >= 0.3 is 6.01 Å². The molecule has 0 radical (unpaired) electrons. The second-order valence-electron chi connectivity index (χ2n) is 4.99. The van der Waals surface area contributed by atoms with E-state index in [0.717, 1.165) is 5.56 Å². The molecule has 0 saturated carbocycles. The van der Waals surface area contributed by atoms with Gasteiger partial charge in [0.25, 0.3) is 0 Å². The van der Waals surface area contributed by atoms with Gasteiger partial charge in [0.2, 0.25) is 11.9 Å². The third kappa shape index (κ3) is 3.94. The van der Waals surface area contributed by atoms with E-state index in [2.05, 4.69) is 15.3 Å². The largest absolute Gasteiger partial charge is 0.422 e. The molecule has 3 N–H and O–H groups in total. The van der Waals surface area contributed by atoms with Gasteiger partial charge in [0.05, 0.1) is 0 Å². The van der Waals surface area contributed by atoms with Crippen LogP contribution in [0.5, 0.6) is 0 Å². The van der Waals surface area contributed by atoms with Gasteiger partial charge in [-0.2, -0.15) is 9.98 Å². The maximum Gasteiger partial charge on any atom is 0.325 e. The molecule has 1 amide bonds. The Morgan fingerprint density at radius 1 is 1.13 bits per heavy atom. The van der Waals surface area contributed by atoms with Gasteiger partial charge < -0.3 is 10.2 Å². The number of hydrogen-bond acceptors (Lipinski definition) is 4. The lowest BCUT2D eigenvalue weighted by Gasteiger charge is -2.03. The van der Waals surface area contributed by atoms with Crippen LogP contribution in [0.4, 0.5) is 6.01 Å². The van der Waals surface area contributed by atoms with E-state index in [-0.39, 0.29) is 17.9 Å². The first-order chi connectivity index (χ1) is 11.2. The second kappa shape index (κ2) is 6.74. The Bertz CT molecular complexity index is 807. The summed E-state index contributed by atoms with van der Waals surface area (Å²) >= 11 is 0. The third-order valence-corrected chi connectivity index (χ3v) is 3.25. The number of rotatable bonds is 4. The van der Waals surface area contributed by atoms with Crippen molar-refractivity contribution >= 4 is 29.0 Å². The number of guanidine groups is 1. The number of benzene rings is 2. The molecule has 0 unspecified atom stereocenters. The van der Waals surface area contributed by atoms with Crippen LogP contribution in [-0.4, -0.2) is 16.9 Å². The molecule has 3 aromatic rings. The number of nitrogens with two attached hydrogens (primary N) is 1. The van der Waals surface area contributed by atoms with E-state index in [1.807, 2.05) is 48.5 Å². The van der Waals surface area contributed by atoms with Crippen molar-refractivity contribution in [1.82, 2.24) is 10.3 Å². The van der Waals surface area contributed by atoms with Gasteiger partial charge in [-0.15, -0.1) is 0 Å². The van der Waals surface area contributed by atoms with E-state index in [1.165, 1.54) is 0 Å². The highest BCUT2D eigenvalue weighted by molar-refractivity contribution is 5.97. The molecule has 2 aromatic carbocycles. The van der Waals surface area contributed by atoms with Crippen molar-refractivity contribution in [2.75, 3.05) is 0 Å². The van der Waals surface area contributed by atoms with Gasteiger partial charge in [-0.25, -0.2) is 0 Å². The zero-order chi connectivity index (χ0) is 16.1. The van der Waals surface area contributed by atoms with Crippen LogP contribution in [-0.2, 0) is 11.2 Å². The molecule has 6 heteroatoms. The maximum absolute atomic E-state index is 11.9. The Morgan fingerprint density at radius 2 is 1.87 bits per heavy atom. The summed E-state index contributed by atoms with van der Waals surface area (Å²) in [6, 6.07) is 17.2. The summed E-state index contributed by atoms with van der Waals surface area (Å²) in [5, 5.41) is 2.53. The molecule has 0 aliphatic rings. The van der Waals surface area contributed by atoms with Crippen molar-refractivity contribution in [1.29, 1.82) is 0 Å². The smallest absolute Gasteiger partial charge is 0.325 e. The van der Waals surface area contributed by atoms with Crippen molar-refractivity contribution in [3.8, 4) is 0 Å². The minimum atomic E-state index is -0.203. The minimum absolute atomic E-state index is 0.0328. The molecule has 0 aliphatic carbocycles. The fourth-order valence-electron chi connectivity index (χ4n) is 2.15. The molecule has 116 valence electrons. The van der Waals surface area contributed by atoms with E-state index in [0.29, 0.717) is 23.9 Å². The summed E-state index contributed by atoms with van der Waals surface area (Å²) in [5.41, 5.74) is 8.12. The van der Waals surface area contributed by atoms with E-state index >= 15 is 0 Å². The summed E-state index contributed by atoms with van der Waals surface area (Å²) in [4.78, 5) is 20.0. The lowest BCUT2D eigenvalue weighted by atomic mass is 10.1. The number of para-hydroxylation sites is 2. The van der Waals surface area contributed by atoms with Gasteiger partial charge in [-0.1, -0.05) is 42.5 Å². The molecular formula is C17H16N4O2. The lowest BCUT2D eigenvalue weighted by Crippen LogP contribution is -2.36. The first-order valence-electron chi connectivity index (χ1n) is 7.24. The predicted octanol–water partition coefficient (Wildman–Crippen LogP) is 2.52. The second-order valence-corrected chi connectivity index (χ2v) is 4.99. The molecule has 0 fully saturated rings. The number of fused-ring (bicyclic) bond motifs is 1. The van der Waals surface area contributed by atoms with E-state index in [1.54, 1.807) is 6.07 Å². The van der Waals surface area contributed by atoms with E-state index in [9.17, 15) is 4.79 Å². The summed E-state index contributed by atoms with van der Waals surface area (Å²) < 4.78 is 5.42. The average molecular weight is 308 g/mol. The number of nitrogens with one attached hydrogen (secondary N) is 1. The zero-order valence-electron chi connectivity index (χ0n) is 12.4. The van der Waals surface area contributed by atoms with Crippen LogP contribution in [0.15, 0.2) is 64.0 Å². The molecule has 6 nitrogen and oxygen atoms in total. The van der Waals surface area contributed by atoms with Crippen molar-refractivity contribution in [3.63, 3.8) is 0 Å². The number of aliphatic imine (C=N–C) groups is 1. The first-order valence-corrected chi connectivity index (χ1v) is 7.24. The van der Waals surface area contributed by atoms with E-state index < -0.39 is 0 Å². The number of aromatic nitrogens is 1. The van der Waals surface area contributed by atoms with Gasteiger partial charge in [0, 0.05) is 6.42 Å². The summed E-state index contributed by atoms with van der Waals surface area (Å²) in [5.74, 6) is -0.235. The fourth-order valence-corrected chi connectivity index (χ4v) is 2.15. The van der Waals surface area contributed by atoms with Crippen LogP contribution >= 0.6 is 0 Å². The Kier molecular flexibility index (Phi) is 4.33. The number of amides is 1. The highest BCUT2D eigenvalue weighted by atomic mass is 16.4. The highest BCUT2D eigenvalue weighted by Gasteiger charge is 2.07. The molecule has 23 heavy (non-hydrogen) atoms. The molecule has 0 bridgehead atoms. The van der Waals surface area contributed by atoms with Crippen molar-refractivity contribution < 1.29 is 9.21 Å². The van der Waals surface area contributed by atoms with Crippen LogP contribution in [0.3, 0.4) is 0 Å². The minimum Gasteiger partial charge on any atom is -0.422 e. The molecule has 0 saturated heterocycles. The van der Waals surface area contributed by atoms with Crippen molar-refractivity contribution in [2.24, 2.45) is 10.7 Å². The summed E-state index contributed by atoms with van der Waals surface area (Å²) in [6.07, 6.45) is 0.969. The van der Waals surface area contributed by atoms with Crippen LogP contribution in [0.1, 0.15) is 12.0 Å². The SMILES string of the molecule is NC(=Nc1nc2ccccc2o1)NC(=O)CCc1ccccc1. The monoisotopic (exact) mass is 308 g/mol. The standard InChI is InChI=1S/C17H16N4O2/c18-16(20-15(22)11-10-12-6-2-1-3-7-12)21-17-19-13-8-4-5-9-14(13)23-17/h1-9H,10-11H2,(H3,18,19,20,21,22). The highest BCUT2D eigenvalue weighted by Crippen LogP contribution is 2.19. The average Bonchev–Trinajstić information content (AvgIpc) is 2.96. The van der Waals surface area contributed by atoms with Gasteiger partial charge in [0.15, 0.2) is 5.58 Å². The normalized spacial score (nSPS) is 11.6. The zero-order valence-corrected chi connectivity index (χ0v) is 12.4. The third-order valence-electron chi connectivity index (χ3n) is 3.25. The van der Waals surface area contributed by atoms with Gasteiger partial charge in [-0.05, 0) is 24.1 Å². The number of carbonyl (C=O) groups is 1. The van der Waals surface area contributed by atoms with Crippen LogP contribution in [0, 0.1) is 0 Å². The predicted molar refractivity (Wildman–Crippen MR) is 88.2 cm³/mol. The number of aryl methyl sites for hydroxylation is 1. The Morgan fingerprint density at radius 3 is 2.65 bits per heavy atom. The number of oxazole rings is 1. The number of hydrogen-bond donors (Lipinski definition) is 2. The van der Waals surface area contributed by atoms with Crippen LogP contribution in [0.2, 0.25) is 0 Å². The molecule has 0 spiro atoms. The Labute approximate surface area is 133 Å². The number of nitrogens with zero attached hydrogens (tertiary/aromatic N) is 2. The molecule has 3 rings (SSSR count). The van der Waals surface area contributed by atoms with Gasteiger partial charge in [0.1, 0.15) is 5.52 Å². The summed E-state index contributed by atoms with van der Waals surface area (Å²) in [6.45, 7) is 0. The molecule has 1 heterocycles. The van der Waals surface area contributed by atoms with E-state index in [4.69, 9.17) is 10.2 Å². The Balaban J connectivity index is 1.59. The van der Waals surface area contributed by atoms with Crippen molar-refractivity contribution in [3.05, 3.63) is 60.2 Å². The topological polar surface area (TPSA) is 93.5 Å². The lowest BCUT2D eigenvalue weighted by molar-refractivity contribution is -0.119. The first kappa shape index (κ1) is 14.8.